The van der Waals surface area contributed by atoms with E-state index in [0.717, 1.165) is 56.7 Å². The van der Waals surface area contributed by atoms with Crippen LogP contribution in [-0.4, -0.2) is 34.2 Å². The number of carbonyl (C=O) groups is 1. The molecule has 19 heavy (non-hydrogen) atoms. The molecule has 3 rings (SSSR count). The summed E-state index contributed by atoms with van der Waals surface area (Å²) in [6, 6.07) is 0. The highest BCUT2D eigenvalue weighted by atomic mass is 16.4. The lowest BCUT2D eigenvalue weighted by Crippen LogP contribution is -2.45. The summed E-state index contributed by atoms with van der Waals surface area (Å²) in [5.74, 6) is 0.135. The second-order valence-electron chi connectivity index (χ2n) is 5.81. The zero-order valence-corrected chi connectivity index (χ0v) is 11.4. The molecule has 1 fully saturated rings. The Morgan fingerprint density at radius 1 is 1.42 bits per heavy atom. The van der Waals surface area contributed by atoms with Crippen molar-refractivity contribution in [1.82, 2.24) is 14.9 Å². The molecule has 1 aromatic heterocycles. The van der Waals surface area contributed by atoms with Crippen molar-refractivity contribution in [3.05, 3.63) is 17.2 Å². The number of hydrogen-bond donors (Lipinski definition) is 2. The van der Waals surface area contributed by atoms with E-state index >= 15 is 0 Å². The molecule has 0 spiro atoms. The number of nitrogens with zero attached hydrogens (tertiary/aromatic N) is 2. The van der Waals surface area contributed by atoms with Crippen molar-refractivity contribution in [2.45, 2.75) is 50.5 Å². The van der Waals surface area contributed by atoms with E-state index in [1.54, 1.807) is 0 Å². The maximum Gasteiger partial charge on any atom is 0.356 e. The highest BCUT2D eigenvalue weighted by molar-refractivity contribution is 5.87. The third-order valence-electron chi connectivity index (χ3n) is 4.62. The number of likely N-dealkylation sites (N-methyl/N-ethyl adjacent to an activating group) is 1. The van der Waals surface area contributed by atoms with Gasteiger partial charge in [-0.1, -0.05) is 6.42 Å². The zero-order valence-electron chi connectivity index (χ0n) is 11.4. The van der Waals surface area contributed by atoms with E-state index < -0.39 is 5.97 Å². The van der Waals surface area contributed by atoms with Gasteiger partial charge in [0.2, 0.25) is 0 Å². The molecule has 2 heterocycles. The molecule has 5 heteroatoms. The summed E-state index contributed by atoms with van der Waals surface area (Å²) < 4.78 is 2.20. The van der Waals surface area contributed by atoms with Crippen LogP contribution in [-0.2, 0) is 18.4 Å². The fraction of sp³-hybridized carbons (Fsp3) is 0.714. The van der Waals surface area contributed by atoms with Gasteiger partial charge < -0.3 is 15.0 Å². The van der Waals surface area contributed by atoms with Crippen LogP contribution in [0.25, 0.3) is 0 Å². The Kier molecular flexibility index (Phi) is 3.09. The van der Waals surface area contributed by atoms with Gasteiger partial charge in [0.15, 0.2) is 5.69 Å². The minimum absolute atomic E-state index is 0.0640. The molecular weight excluding hydrogens is 242 g/mol. The topological polar surface area (TPSA) is 67.2 Å². The van der Waals surface area contributed by atoms with Crippen molar-refractivity contribution in [2.75, 3.05) is 13.6 Å². The number of carboxylic acid groups (broad SMARTS) is 1. The molecule has 2 aliphatic rings. The second kappa shape index (κ2) is 4.63. The fourth-order valence-electron chi connectivity index (χ4n) is 3.54. The van der Waals surface area contributed by atoms with Gasteiger partial charge in [0.05, 0.1) is 5.69 Å². The summed E-state index contributed by atoms with van der Waals surface area (Å²) in [5.41, 5.74) is 1.29. The van der Waals surface area contributed by atoms with Crippen molar-refractivity contribution in [3.8, 4) is 0 Å². The van der Waals surface area contributed by atoms with Crippen LogP contribution in [0.2, 0.25) is 0 Å². The van der Waals surface area contributed by atoms with Gasteiger partial charge in [-0.3, -0.25) is 0 Å². The highest BCUT2D eigenvalue weighted by Crippen LogP contribution is 2.44. The first-order valence-corrected chi connectivity index (χ1v) is 7.16. The molecule has 2 N–H and O–H groups in total. The first-order chi connectivity index (χ1) is 9.18. The monoisotopic (exact) mass is 263 g/mol. The minimum atomic E-state index is -0.879. The summed E-state index contributed by atoms with van der Waals surface area (Å²) in [7, 11) is 1.96. The van der Waals surface area contributed by atoms with E-state index in [2.05, 4.69) is 14.9 Å². The van der Waals surface area contributed by atoms with Gasteiger partial charge in [0, 0.05) is 18.5 Å². The largest absolute Gasteiger partial charge is 0.476 e. The van der Waals surface area contributed by atoms with E-state index in [9.17, 15) is 9.90 Å². The van der Waals surface area contributed by atoms with E-state index in [1.165, 1.54) is 6.42 Å². The molecule has 1 saturated carbocycles. The first-order valence-electron chi connectivity index (χ1n) is 7.16. The molecule has 0 atom stereocenters. The maximum atomic E-state index is 11.4. The predicted molar refractivity (Wildman–Crippen MR) is 71.6 cm³/mol. The molecule has 5 nitrogen and oxygen atoms in total. The number of aromatic carboxylic acids is 1. The van der Waals surface area contributed by atoms with Crippen LogP contribution in [0.5, 0.6) is 0 Å². The number of nitrogens with one attached hydrogen (secondary N) is 1. The lowest BCUT2D eigenvalue weighted by molar-refractivity contribution is 0.0689. The number of aromatic nitrogens is 2. The minimum Gasteiger partial charge on any atom is -0.476 e. The average molecular weight is 263 g/mol. The van der Waals surface area contributed by atoms with Crippen LogP contribution in [0, 0.1) is 0 Å². The number of rotatable bonds is 4. The van der Waals surface area contributed by atoms with Gasteiger partial charge in [-0.05, 0) is 39.2 Å². The van der Waals surface area contributed by atoms with Crippen molar-refractivity contribution in [2.24, 2.45) is 0 Å². The Labute approximate surface area is 113 Å². The van der Waals surface area contributed by atoms with E-state index in [1.807, 2.05) is 7.05 Å². The Bertz CT molecular complexity index is 503. The lowest BCUT2D eigenvalue weighted by Gasteiger charge is -2.41. The number of imidazole rings is 1. The molecule has 0 radical (unpaired) electrons. The number of hydrogen-bond acceptors (Lipinski definition) is 3. The van der Waals surface area contributed by atoms with Crippen LogP contribution in [0.3, 0.4) is 0 Å². The average Bonchev–Trinajstić information content (AvgIpc) is 2.74. The van der Waals surface area contributed by atoms with Crippen LogP contribution >= 0.6 is 0 Å². The second-order valence-corrected chi connectivity index (χ2v) is 5.81. The number of fused-ring (bicyclic) bond motifs is 1. The smallest absolute Gasteiger partial charge is 0.356 e. The van der Waals surface area contributed by atoms with Crippen LogP contribution in [0.1, 0.15) is 54.1 Å². The van der Waals surface area contributed by atoms with Crippen LogP contribution in [0.15, 0.2) is 0 Å². The third kappa shape index (κ3) is 1.87. The first kappa shape index (κ1) is 12.7. The Morgan fingerprint density at radius 3 is 2.79 bits per heavy atom. The lowest BCUT2D eigenvalue weighted by atomic mass is 9.68. The molecule has 1 aliphatic carbocycles. The number of carboxylic acids is 1. The fourth-order valence-corrected chi connectivity index (χ4v) is 3.54. The van der Waals surface area contributed by atoms with Crippen molar-refractivity contribution in [1.29, 1.82) is 0 Å². The van der Waals surface area contributed by atoms with Gasteiger partial charge >= 0.3 is 5.97 Å². The molecule has 0 saturated heterocycles. The van der Waals surface area contributed by atoms with E-state index in [0.29, 0.717) is 0 Å². The molecule has 104 valence electrons. The van der Waals surface area contributed by atoms with E-state index in [-0.39, 0.29) is 11.1 Å². The molecule has 0 amide bonds. The van der Waals surface area contributed by atoms with Crippen molar-refractivity contribution in [3.63, 3.8) is 0 Å². The molecule has 0 bridgehead atoms. The van der Waals surface area contributed by atoms with Gasteiger partial charge in [-0.2, -0.15) is 0 Å². The standard InChI is InChI=1S/C14H21N3O2/c1-15-9-14(6-4-7-14)13-16-11(12(18)19)10-5-2-3-8-17(10)13/h15H,2-9H2,1H3,(H,18,19). The summed E-state index contributed by atoms with van der Waals surface area (Å²) >= 11 is 0. The van der Waals surface area contributed by atoms with Crippen molar-refractivity contribution < 1.29 is 9.90 Å². The Hall–Kier alpha value is -1.36. The zero-order chi connectivity index (χ0) is 13.5. The Morgan fingerprint density at radius 2 is 2.21 bits per heavy atom. The van der Waals surface area contributed by atoms with Gasteiger partial charge in [0.1, 0.15) is 5.82 Å². The SMILES string of the molecule is CNCC1(c2nc(C(=O)O)c3n2CCCC3)CCC1. The molecule has 0 aromatic carbocycles. The molecule has 1 aliphatic heterocycles. The molecule has 0 unspecified atom stereocenters. The highest BCUT2D eigenvalue weighted by Gasteiger charge is 2.43. The predicted octanol–water partition coefficient (Wildman–Crippen LogP) is 1.56. The maximum absolute atomic E-state index is 11.4. The summed E-state index contributed by atoms with van der Waals surface area (Å²) in [5, 5.41) is 12.6. The van der Waals surface area contributed by atoms with Gasteiger partial charge in [0.25, 0.3) is 0 Å². The van der Waals surface area contributed by atoms with Gasteiger partial charge in [-0.15, -0.1) is 0 Å². The normalized spacial score (nSPS) is 20.7. The molecule has 1 aromatic rings. The third-order valence-corrected chi connectivity index (χ3v) is 4.62. The van der Waals surface area contributed by atoms with Crippen LogP contribution in [0.4, 0.5) is 0 Å². The summed E-state index contributed by atoms with van der Waals surface area (Å²) in [4.78, 5) is 15.9. The molecular formula is C14H21N3O2. The van der Waals surface area contributed by atoms with Crippen molar-refractivity contribution >= 4 is 5.97 Å². The Balaban J connectivity index is 2.08. The quantitative estimate of drug-likeness (QED) is 0.865. The van der Waals surface area contributed by atoms with Crippen LogP contribution < -0.4 is 5.32 Å². The summed E-state index contributed by atoms with van der Waals surface area (Å²) in [6.07, 6.45) is 6.50. The van der Waals surface area contributed by atoms with E-state index in [4.69, 9.17) is 0 Å². The summed E-state index contributed by atoms with van der Waals surface area (Å²) in [6.45, 7) is 1.82. The van der Waals surface area contributed by atoms with Gasteiger partial charge in [-0.25, -0.2) is 9.78 Å².